The number of fused-ring (bicyclic) bond motifs is 1. The molecule has 0 atom stereocenters. The SMILES string of the molecule is O=C(O)CC=CCCc1cccc(OCc2ccc3ccccc3n2)c1. The van der Waals surface area contributed by atoms with Crippen LogP contribution < -0.4 is 4.74 Å². The molecule has 3 aromatic rings. The van der Waals surface area contributed by atoms with E-state index in [-0.39, 0.29) is 6.42 Å². The minimum absolute atomic E-state index is 0.0713. The number of pyridine rings is 1. The van der Waals surface area contributed by atoms with Crippen LogP contribution in [-0.4, -0.2) is 16.1 Å². The third-order valence-corrected chi connectivity index (χ3v) is 4.00. The predicted molar refractivity (Wildman–Crippen MR) is 102 cm³/mol. The number of carboxylic acids is 1. The van der Waals surface area contributed by atoms with Crippen molar-refractivity contribution in [3.63, 3.8) is 0 Å². The standard InChI is InChI=1S/C22H21NO3/c24-22(25)12-3-1-2-7-17-8-6-10-20(15-17)26-16-19-14-13-18-9-4-5-11-21(18)23-19/h1,3-6,8-11,13-15H,2,7,12,16H2,(H,24,25). The number of carboxylic acid groups (broad SMARTS) is 1. The average Bonchev–Trinajstić information content (AvgIpc) is 2.66. The fourth-order valence-corrected chi connectivity index (χ4v) is 2.69. The highest BCUT2D eigenvalue weighted by molar-refractivity contribution is 5.78. The van der Waals surface area contributed by atoms with Crippen molar-refractivity contribution < 1.29 is 14.6 Å². The molecule has 4 nitrogen and oxygen atoms in total. The second-order valence-electron chi connectivity index (χ2n) is 6.04. The molecule has 0 bridgehead atoms. The summed E-state index contributed by atoms with van der Waals surface area (Å²) in [5.74, 6) is 0.00548. The van der Waals surface area contributed by atoms with Gasteiger partial charge in [-0.3, -0.25) is 4.79 Å². The summed E-state index contributed by atoms with van der Waals surface area (Å²) in [5.41, 5.74) is 3.02. The Morgan fingerprint density at radius 3 is 2.81 bits per heavy atom. The number of ether oxygens (including phenoxy) is 1. The number of allylic oxidation sites excluding steroid dienone is 1. The number of aromatic nitrogens is 1. The minimum Gasteiger partial charge on any atom is -0.487 e. The maximum atomic E-state index is 10.5. The highest BCUT2D eigenvalue weighted by Crippen LogP contribution is 2.17. The summed E-state index contributed by atoms with van der Waals surface area (Å²) in [6.07, 6.45) is 5.32. The van der Waals surface area contributed by atoms with Crippen LogP contribution in [0.4, 0.5) is 0 Å². The Labute approximate surface area is 152 Å². The number of aryl methyl sites for hydroxylation is 1. The Bertz CT molecular complexity index is 918. The Balaban J connectivity index is 1.56. The van der Waals surface area contributed by atoms with E-state index in [1.807, 2.05) is 60.7 Å². The first-order valence-electron chi connectivity index (χ1n) is 8.64. The van der Waals surface area contributed by atoms with Crippen LogP contribution in [0.25, 0.3) is 10.9 Å². The number of nitrogens with zero attached hydrogens (tertiary/aromatic N) is 1. The summed E-state index contributed by atoms with van der Waals surface area (Å²) in [7, 11) is 0. The molecule has 0 aliphatic rings. The van der Waals surface area contributed by atoms with E-state index in [9.17, 15) is 4.79 Å². The van der Waals surface area contributed by atoms with Gasteiger partial charge < -0.3 is 9.84 Å². The molecule has 0 fully saturated rings. The number of para-hydroxylation sites is 1. The summed E-state index contributed by atoms with van der Waals surface area (Å²) >= 11 is 0. The van der Waals surface area contributed by atoms with Crippen molar-refractivity contribution in [2.75, 3.05) is 0 Å². The number of rotatable bonds is 8. The van der Waals surface area contributed by atoms with Gasteiger partial charge in [-0.1, -0.05) is 48.6 Å². The second kappa shape index (κ2) is 8.81. The lowest BCUT2D eigenvalue weighted by molar-refractivity contribution is -0.136. The Hall–Kier alpha value is -3.14. The highest BCUT2D eigenvalue weighted by Gasteiger charge is 2.01. The zero-order chi connectivity index (χ0) is 18.2. The zero-order valence-electron chi connectivity index (χ0n) is 14.5. The normalized spacial score (nSPS) is 11.1. The van der Waals surface area contributed by atoms with E-state index in [2.05, 4.69) is 11.1 Å². The average molecular weight is 347 g/mol. The van der Waals surface area contributed by atoms with Gasteiger partial charge in [0, 0.05) is 5.39 Å². The molecule has 1 N–H and O–H groups in total. The van der Waals surface area contributed by atoms with Gasteiger partial charge in [0.1, 0.15) is 12.4 Å². The van der Waals surface area contributed by atoms with Gasteiger partial charge in [0.25, 0.3) is 0 Å². The van der Waals surface area contributed by atoms with Crippen LogP contribution in [0.5, 0.6) is 5.75 Å². The van der Waals surface area contributed by atoms with Gasteiger partial charge in [0.05, 0.1) is 17.6 Å². The predicted octanol–water partition coefficient (Wildman–Crippen LogP) is 4.78. The topological polar surface area (TPSA) is 59.4 Å². The first-order chi connectivity index (χ1) is 12.7. The molecule has 0 saturated heterocycles. The maximum Gasteiger partial charge on any atom is 0.307 e. The van der Waals surface area contributed by atoms with Gasteiger partial charge in [-0.05, 0) is 42.7 Å². The Kier molecular flexibility index (Phi) is 5.99. The quantitative estimate of drug-likeness (QED) is 0.596. The van der Waals surface area contributed by atoms with Gasteiger partial charge in [-0.15, -0.1) is 0 Å². The molecule has 26 heavy (non-hydrogen) atoms. The van der Waals surface area contributed by atoms with E-state index in [0.717, 1.165) is 40.8 Å². The molecule has 0 aliphatic heterocycles. The first-order valence-corrected chi connectivity index (χ1v) is 8.64. The van der Waals surface area contributed by atoms with Crippen LogP contribution >= 0.6 is 0 Å². The molecule has 0 spiro atoms. The molecule has 1 aromatic heterocycles. The molecule has 0 unspecified atom stereocenters. The van der Waals surface area contributed by atoms with Crippen LogP contribution in [0.1, 0.15) is 24.1 Å². The Morgan fingerprint density at radius 2 is 1.92 bits per heavy atom. The molecule has 2 aromatic carbocycles. The van der Waals surface area contributed by atoms with Crippen LogP contribution in [0, 0.1) is 0 Å². The van der Waals surface area contributed by atoms with Crippen molar-refractivity contribution in [1.29, 1.82) is 0 Å². The molecule has 4 heteroatoms. The van der Waals surface area contributed by atoms with E-state index in [1.54, 1.807) is 6.08 Å². The largest absolute Gasteiger partial charge is 0.487 e. The summed E-state index contributed by atoms with van der Waals surface area (Å²) in [6.45, 7) is 0.423. The van der Waals surface area contributed by atoms with Crippen molar-refractivity contribution >= 4 is 16.9 Å². The van der Waals surface area contributed by atoms with Crippen LogP contribution in [-0.2, 0) is 17.8 Å². The van der Waals surface area contributed by atoms with Gasteiger partial charge in [-0.25, -0.2) is 4.98 Å². The molecule has 0 radical (unpaired) electrons. The molecule has 0 saturated carbocycles. The van der Waals surface area contributed by atoms with Crippen LogP contribution in [0.3, 0.4) is 0 Å². The summed E-state index contributed by atoms with van der Waals surface area (Å²) < 4.78 is 5.88. The fourth-order valence-electron chi connectivity index (χ4n) is 2.69. The lowest BCUT2D eigenvalue weighted by Gasteiger charge is -2.08. The summed E-state index contributed by atoms with van der Waals surface area (Å²) in [6, 6.07) is 20.0. The van der Waals surface area contributed by atoms with Crippen molar-refractivity contribution in [1.82, 2.24) is 4.98 Å². The van der Waals surface area contributed by atoms with E-state index in [4.69, 9.17) is 9.84 Å². The van der Waals surface area contributed by atoms with Gasteiger partial charge in [0.15, 0.2) is 0 Å². The minimum atomic E-state index is -0.807. The van der Waals surface area contributed by atoms with Crippen molar-refractivity contribution in [3.8, 4) is 5.75 Å². The maximum absolute atomic E-state index is 10.5. The molecule has 0 amide bonds. The van der Waals surface area contributed by atoms with E-state index in [1.165, 1.54) is 0 Å². The third-order valence-electron chi connectivity index (χ3n) is 4.00. The number of hydrogen-bond donors (Lipinski definition) is 1. The number of benzene rings is 2. The second-order valence-corrected chi connectivity index (χ2v) is 6.04. The van der Waals surface area contributed by atoms with E-state index < -0.39 is 5.97 Å². The number of hydrogen-bond acceptors (Lipinski definition) is 3. The summed E-state index contributed by atoms with van der Waals surface area (Å²) in [5, 5.41) is 9.72. The fraction of sp³-hybridized carbons (Fsp3) is 0.182. The lowest BCUT2D eigenvalue weighted by Crippen LogP contribution is -1.99. The molecule has 132 valence electrons. The molecular weight excluding hydrogens is 326 g/mol. The highest BCUT2D eigenvalue weighted by atomic mass is 16.5. The molecule has 3 rings (SSSR count). The van der Waals surface area contributed by atoms with Gasteiger partial charge in [0.2, 0.25) is 0 Å². The smallest absolute Gasteiger partial charge is 0.307 e. The van der Waals surface area contributed by atoms with Crippen molar-refractivity contribution in [2.45, 2.75) is 25.9 Å². The van der Waals surface area contributed by atoms with Crippen molar-refractivity contribution in [3.05, 3.63) is 84.1 Å². The Morgan fingerprint density at radius 1 is 1.04 bits per heavy atom. The molecule has 1 heterocycles. The van der Waals surface area contributed by atoms with Crippen LogP contribution in [0.15, 0.2) is 72.8 Å². The van der Waals surface area contributed by atoms with Gasteiger partial charge in [-0.2, -0.15) is 0 Å². The van der Waals surface area contributed by atoms with Crippen molar-refractivity contribution in [2.24, 2.45) is 0 Å². The first kappa shape index (κ1) is 17.7. The van der Waals surface area contributed by atoms with E-state index in [0.29, 0.717) is 6.61 Å². The third kappa shape index (κ3) is 5.18. The lowest BCUT2D eigenvalue weighted by atomic mass is 10.1. The monoisotopic (exact) mass is 347 g/mol. The zero-order valence-corrected chi connectivity index (χ0v) is 14.5. The molecular formula is C22H21NO3. The number of carbonyl (C=O) groups is 1. The summed E-state index contributed by atoms with van der Waals surface area (Å²) in [4.78, 5) is 15.1. The van der Waals surface area contributed by atoms with Crippen LogP contribution in [0.2, 0.25) is 0 Å². The van der Waals surface area contributed by atoms with Gasteiger partial charge >= 0.3 is 5.97 Å². The van der Waals surface area contributed by atoms with E-state index >= 15 is 0 Å². The molecule has 0 aliphatic carbocycles. The number of aliphatic carboxylic acids is 1.